The van der Waals surface area contributed by atoms with Crippen LogP contribution in [0.25, 0.3) is 0 Å². The summed E-state index contributed by atoms with van der Waals surface area (Å²) in [5.74, 6) is -3.20. The van der Waals surface area contributed by atoms with E-state index < -0.39 is 47.2 Å². The van der Waals surface area contributed by atoms with Gasteiger partial charge in [0.2, 0.25) is 0 Å². The van der Waals surface area contributed by atoms with Crippen molar-refractivity contribution in [3.8, 4) is 5.75 Å². The summed E-state index contributed by atoms with van der Waals surface area (Å²) in [7, 11) is -7.62. The molecule has 2 unspecified atom stereocenters. The third-order valence-electron chi connectivity index (χ3n) is 7.15. The van der Waals surface area contributed by atoms with Gasteiger partial charge < -0.3 is 4.74 Å². The molecule has 0 radical (unpaired) electrons. The molecule has 2 aromatic rings. The quantitative estimate of drug-likeness (QED) is 0.561. The molecule has 33 heavy (non-hydrogen) atoms. The third kappa shape index (κ3) is 3.96. The standard InChI is InChI=1S/C23H25ClF2O5S2/c1-14(32(2,27)28)12-15-4-3-11-23(33(29,30)17-7-5-16(24)6-8-17)18(15)13-31-22-20(26)10-9-19(25)21(22)23/h5-10,14-15,18H,3-4,11-13H2,1-2H3/t14?,15-,18?,23-/m0/s1. The summed E-state index contributed by atoms with van der Waals surface area (Å²) in [4.78, 5) is -0.0507. The molecule has 10 heteroatoms. The normalized spacial score (nSPS) is 26.1. The Bertz CT molecular complexity index is 1280. The Morgan fingerprint density at radius 3 is 2.36 bits per heavy atom. The van der Waals surface area contributed by atoms with E-state index in [0.29, 0.717) is 17.9 Å². The zero-order chi connectivity index (χ0) is 24.2. The molecule has 0 bridgehead atoms. The van der Waals surface area contributed by atoms with Gasteiger partial charge in [0.1, 0.15) is 20.4 Å². The van der Waals surface area contributed by atoms with Gasteiger partial charge in [-0.25, -0.2) is 25.6 Å². The monoisotopic (exact) mass is 518 g/mol. The topological polar surface area (TPSA) is 77.5 Å². The molecule has 1 fully saturated rings. The maximum atomic E-state index is 15.3. The molecule has 1 aliphatic carbocycles. The smallest absolute Gasteiger partial charge is 0.188 e. The van der Waals surface area contributed by atoms with E-state index in [1.54, 1.807) is 6.92 Å². The van der Waals surface area contributed by atoms with Gasteiger partial charge in [-0.3, -0.25) is 0 Å². The Kier molecular flexibility index (Phi) is 6.29. The molecule has 0 amide bonds. The van der Waals surface area contributed by atoms with Gasteiger partial charge in [-0.15, -0.1) is 0 Å². The molecule has 4 atom stereocenters. The van der Waals surface area contributed by atoms with E-state index in [1.165, 1.54) is 24.3 Å². The van der Waals surface area contributed by atoms with Crippen LogP contribution in [0.4, 0.5) is 8.78 Å². The summed E-state index contributed by atoms with van der Waals surface area (Å²) in [5.41, 5.74) is -0.301. The fraction of sp³-hybridized carbons (Fsp3) is 0.478. The summed E-state index contributed by atoms with van der Waals surface area (Å²) in [6.45, 7) is 1.43. The van der Waals surface area contributed by atoms with Crippen LogP contribution in [0, 0.1) is 23.5 Å². The van der Waals surface area contributed by atoms with Gasteiger partial charge in [0.25, 0.3) is 0 Å². The lowest BCUT2D eigenvalue weighted by atomic mass is 9.66. The predicted octanol–water partition coefficient (Wildman–Crippen LogP) is 4.92. The van der Waals surface area contributed by atoms with Crippen LogP contribution in [0.2, 0.25) is 5.02 Å². The number of rotatable bonds is 5. The first-order chi connectivity index (χ1) is 15.4. The van der Waals surface area contributed by atoms with E-state index in [9.17, 15) is 21.2 Å². The molecular weight excluding hydrogens is 494 g/mol. The predicted molar refractivity (Wildman–Crippen MR) is 122 cm³/mol. The molecule has 180 valence electrons. The number of hydrogen-bond donors (Lipinski definition) is 0. The minimum absolute atomic E-state index is 0.0507. The van der Waals surface area contributed by atoms with Crippen molar-refractivity contribution in [1.82, 2.24) is 0 Å². The Morgan fingerprint density at radius 2 is 1.73 bits per heavy atom. The Balaban J connectivity index is 1.96. The van der Waals surface area contributed by atoms with Crippen molar-refractivity contribution in [2.45, 2.75) is 47.5 Å². The van der Waals surface area contributed by atoms with Crippen LogP contribution >= 0.6 is 11.6 Å². The maximum absolute atomic E-state index is 15.3. The Labute approximate surface area is 197 Å². The number of sulfone groups is 2. The van der Waals surface area contributed by atoms with Crippen molar-refractivity contribution < 1.29 is 30.4 Å². The molecule has 2 aromatic carbocycles. The molecule has 1 heterocycles. The molecule has 4 rings (SSSR count). The molecule has 5 nitrogen and oxygen atoms in total. The lowest BCUT2D eigenvalue weighted by Crippen LogP contribution is -2.54. The van der Waals surface area contributed by atoms with Crippen LogP contribution in [-0.2, 0) is 24.4 Å². The van der Waals surface area contributed by atoms with Crippen molar-refractivity contribution in [2.24, 2.45) is 11.8 Å². The van der Waals surface area contributed by atoms with Crippen LogP contribution in [0.15, 0.2) is 41.3 Å². The molecule has 0 saturated heterocycles. The van der Waals surface area contributed by atoms with Gasteiger partial charge in [0, 0.05) is 17.2 Å². The van der Waals surface area contributed by atoms with Gasteiger partial charge in [-0.2, -0.15) is 0 Å². The van der Waals surface area contributed by atoms with Gasteiger partial charge >= 0.3 is 0 Å². The van der Waals surface area contributed by atoms with Crippen molar-refractivity contribution in [1.29, 1.82) is 0 Å². The second-order valence-electron chi connectivity index (χ2n) is 9.03. The highest BCUT2D eigenvalue weighted by Crippen LogP contribution is 2.58. The third-order valence-corrected chi connectivity index (χ3v) is 11.6. The van der Waals surface area contributed by atoms with Gasteiger partial charge in [0.05, 0.1) is 22.3 Å². The van der Waals surface area contributed by atoms with Crippen LogP contribution < -0.4 is 4.74 Å². The first-order valence-electron chi connectivity index (χ1n) is 10.7. The second-order valence-corrected chi connectivity index (χ2v) is 14.1. The second kappa shape index (κ2) is 8.50. The fourth-order valence-corrected chi connectivity index (χ4v) is 8.56. The summed E-state index contributed by atoms with van der Waals surface area (Å²) in [6.07, 6.45) is 2.40. The first-order valence-corrected chi connectivity index (χ1v) is 14.5. The van der Waals surface area contributed by atoms with Crippen molar-refractivity contribution in [2.75, 3.05) is 12.9 Å². The number of hydrogen-bond acceptors (Lipinski definition) is 5. The SMILES string of the molecule is CC(C[C@@H]1CCC[C@@]2(S(=O)(=O)c3ccc(Cl)cc3)c3c(F)ccc(F)c3OCC12)S(C)(=O)=O. The number of ether oxygens (including phenoxy) is 1. The Morgan fingerprint density at radius 1 is 1.09 bits per heavy atom. The average molecular weight is 519 g/mol. The van der Waals surface area contributed by atoms with E-state index in [0.717, 1.165) is 18.4 Å². The summed E-state index contributed by atoms with van der Waals surface area (Å²) in [5, 5.41) is -0.369. The molecule has 0 aromatic heterocycles. The van der Waals surface area contributed by atoms with Gasteiger partial charge in [-0.1, -0.05) is 18.0 Å². The molecule has 1 aliphatic heterocycles. The highest BCUT2D eigenvalue weighted by atomic mass is 35.5. The van der Waals surface area contributed by atoms with Crippen molar-refractivity contribution in [3.05, 3.63) is 58.6 Å². The van der Waals surface area contributed by atoms with Gasteiger partial charge in [-0.05, 0) is 68.5 Å². The van der Waals surface area contributed by atoms with Crippen molar-refractivity contribution >= 4 is 31.3 Å². The highest BCUT2D eigenvalue weighted by molar-refractivity contribution is 7.92. The van der Waals surface area contributed by atoms with Crippen LogP contribution in [-0.4, -0.2) is 34.9 Å². The van der Waals surface area contributed by atoms with E-state index in [-0.39, 0.29) is 41.6 Å². The minimum atomic E-state index is -4.25. The average Bonchev–Trinajstić information content (AvgIpc) is 2.75. The van der Waals surface area contributed by atoms with Crippen molar-refractivity contribution in [3.63, 3.8) is 0 Å². The lowest BCUT2D eigenvalue weighted by molar-refractivity contribution is 0.0709. The van der Waals surface area contributed by atoms with E-state index in [1.807, 2.05) is 0 Å². The molecular formula is C23H25ClF2O5S2. The molecule has 0 N–H and O–H groups in total. The molecule has 2 aliphatic rings. The number of benzene rings is 2. The Hall–Kier alpha value is -1.71. The minimum Gasteiger partial charge on any atom is -0.490 e. The van der Waals surface area contributed by atoms with Crippen LogP contribution in [0.1, 0.15) is 38.2 Å². The molecule has 1 saturated carbocycles. The molecule has 0 spiro atoms. The lowest BCUT2D eigenvalue weighted by Gasteiger charge is -2.50. The van der Waals surface area contributed by atoms with Crippen LogP contribution in [0.5, 0.6) is 5.75 Å². The van der Waals surface area contributed by atoms with E-state index in [2.05, 4.69) is 0 Å². The summed E-state index contributed by atoms with van der Waals surface area (Å²) < 4.78 is 86.5. The first kappa shape index (κ1) is 24.4. The zero-order valence-corrected chi connectivity index (χ0v) is 20.6. The number of halogens is 3. The summed E-state index contributed by atoms with van der Waals surface area (Å²) >= 11 is 5.95. The fourth-order valence-electron chi connectivity index (χ4n) is 5.39. The van der Waals surface area contributed by atoms with E-state index in [4.69, 9.17) is 16.3 Å². The zero-order valence-electron chi connectivity index (χ0n) is 18.2. The highest BCUT2D eigenvalue weighted by Gasteiger charge is 2.61. The van der Waals surface area contributed by atoms with Crippen LogP contribution in [0.3, 0.4) is 0 Å². The largest absolute Gasteiger partial charge is 0.490 e. The van der Waals surface area contributed by atoms with Gasteiger partial charge in [0.15, 0.2) is 21.4 Å². The number of fused-ring (bicyclic) bond motifs is 3. The maximum Gasteiger partial charge on any atom is 0.188 e. The summed E-state index contributed by atoms with van der Waals surface area (Å²) in [6, 6.07) is 7.44. The van der Waals surface area contributed by atoms with E-state index >= 15 is 4.39 Å².